The smallest absolute Gasteiger partial charge is 0.339 e. The Morgan fingerprint density at radius 3 is 2.30 bits per heavy atom. The molecule has 0 aliphatic rings. The summed E-state index contributed by atoms with van der Waals surface area (Å²) in [5.41, 5.74) is 0.851. The van der Waals surface area contributed by atoms with E-state index < -0.39 is 5.97 Å². The van der Waals surface area contributed by atoms with Crippen molar-refractivity contribution in [3.8, 4) is 11.5 Å². The summed E-state index contributed by atoms with van der Waals surface area (Å²) in [7, 11) is 0. The summed E-state index contributed by atoms with van der Waals surface area (Å²) in [5, 5.41) is 12.1. The Labute approximate surface area is 133 Å². The molecule has 2 aromatic carbocycles. The second-order valence-corrected chi connectivity index (χ2v) is 4.77. The highest BCUT2D eigenvalue weighted by molar-refractivity contribution is 5.93. The van der Waals surface area contributed by atoms with Crippen molar-refractivity contribution in [2.24, 2.45) is 0 Å². The number of anilines is 2. The standard InChI is InChI=1S/C18H14N2O3/c21-18(22)16-7-4-12-19-17(16)20-13-8-10-15(11-9-13)23-14-5-2-1-3-6-14/h1-12H,(H,19,20)(H,21,22). The number of nitrogens with zero attached hydrogens (tertiary/aromatic N) is 1. The first kappa shape index (κ1) is 14.6. The highest BCUT2D eigenvalue weighted by atomic mass is 16.5. The predicted octanol–water partition coefficient (Wildman–Crippen LogP) is 4.32. The van der Waals surface area contributed by atoms with Crippen molar-refractivity contribution in [1.82, 2.24) is 4.98 Å². The van der Waals surface area contributed by atoms with Gasteiger partial charge >= 0.3 is 5.97 Å². The van der Waals surface area contributed by atoms with Crippen molar-refractivity contribution in [3.05, 3.63) is 78.5 Å². The molecular formula is C18H14N2O3. The van der Waals surface area contributed by atoms with E-state index >= 15 is 0 Å². The van der Waals surface area contributed by atoms with Gasteiger partial charge < -0.3 is 15.2 Å². The van der Waals surface area contributed by atoms with Crippen molar-refractivity contribution in [2.45, 2.75) is 0 Å². The van der Waals surface area contributed by atoms with Crippen LogP contribution in [0, 0.1) is 0 Å². The predicted molar refractivity (Wildman–Crippen MR) is 87.4 cm³/mol. The number of carboxylic acids is 1. The van der Waals surface area contributed by atoms with Crippen molar-refractivity contribution in [2.75, 3.05) is 5.32 Å². The lowest BCUT2D eigenvalue weighted by molar-refractivity contribution is 0.0697. The van der Waals surface area contributed by atoms with Gasteiger partial charge in [0.05, 0.1) is 0 Å². The molecule has 0 fully saturated rings. The Kier molecular flexibility index (Phi) is 4.20. The van der Waals surface area contributed by atoms with Crippen LogP contribution in [-0.4, -0.2) is 16.1 Å². The number of rotatable bonds is 5. The molecule has 0 bridgehead atoms. The van der Waals surface area contributed by atoms with Gasteiger partial charge in [0.2, 0.25) is 0 Å². The summed E-state index contributed by atoms with van der Waals surface area (Å²) in [5.74, 6) is 0.730. The lowest BCUT2D eigenvalue weighted by atomic mass is 10.2. The number of benzene rings is 2. The Bertz CT molecular complexity index is 802. The highest BCUT2D eigenvalue weighted by Crippen LogP contribution is 2.24. The number of aromatic nitrogens is 1. The van der Waals surface area contributed by atoms with E-state index in [-0.39, 0.29) is 5.56 Å². The first-order valence-electron chi connectivity index (χ1n) is 7.01. The van der Waals surface area contributed by atoms with Crippen molar-refractivity contribution in [1.29, 1.82) is 0 Å². The van der Waals surface area contributed by atoms with Crippen molar-refractivity contribution >= 4 is 17.5 Å². The summed E-state index contributed by atoms with van der Waals surface area (Å²) >= 11 is 0. The van der Waals surface area contributed by atoms with Crippen molar-refractivity contribution in [3.63, 3.8) is 0 Å². The molecular weight excluding hydrogens is 292 g/mol. The third kappa shape index (κ3) is 3.65. The summed E-state index contributed by atoms with van der Waals surface area (Å²) in [6.45, 7) is 0. The molecule has 1 heterocycles. The van der Waals surface area contributed by atoms with Gasteiger partial charge in [-0.25, -0.2) is 9.78 Å². The maximum atomic E-state index is 11.2. The molecule has 0 amide bonds. The maximum absolute atomic E-state index is 11.2. The zero-order valence-corrected chi connectivity index (χ0v) is 12.1. The van der Waals surface area contributed by atoms with Gasteiger partial charge in [-0.1, -0.05) is 18.2 Å². The fourth-order valence-electron chi connectivity index (χ4n) is 2.05. The van der Waals surface area contributed by atoms with Crippen LogP contribution in [0.4, 0.5) is 11.5 Å². The van der Waals surface area contributed by atoms with Gasteiger partial charge in [0.1, 0.15) is 22.9 Å². The largest absolute Gasteiger partial charge is 0.478 e. The van der Waals surface area contributed by atoms with Crippen molar-refractivity contribution < 1.29 is 14.6 Å². The summed E-state index contributed by atoms with van der Waals surface area (Å²) in [4.78, 5) is 15.2. The second kappa shape index (κ2) is 6.62. The Balaban J connectivity index is 1.74. The molecule has 3 rings (SSSR count). The fourth-order valence-corrected chi connectivity index (χ4v) is 2.05. The zero-order chi connectivity index (χ0) is 16.1. The third-order valence-corrected chi connectivity index (χ3v) is 3.13. The number of carbonyl (C=O) groups is 1. The molecule has 5 nitrogen and oxygen atoms in total. The monoisotopic (exact) mass is 306 g/mol. The maximum Gasteiger partial charge on any atom is 0.339 e. The van der Waals surface area contributed by atoms with Gasteiger partial charge in [0.15, 0.2) is 0 Å². The Hall–Kier alpha value is -3.34. The number of aromatic carboxylic acids is 1. The molecule has 0 aliphatic carbocycles. The highest BCUT2D eigenvalue weighted by Gasteiger charge is 2.10. The number of ether oxygens (including phenoxy) is 1. The minimum atomic E-state index is -1.02. The van der Waals surface area contributed by atoms with Crippen LogP contribution < -0.4 is 10.1 Å². The summed E-state index contributed by atoms with van der Waals surface area (Å²) < 4.78 is 5.71. The van der Waals surface area contributed by atoms with Crippen LogP contribution in [0.25, 0.3) is 0 Å². The minimum Gasteiger partial charge on any atom is -0.478 e. The van der Waals surface area contributed by atoms with Crippen LogP contribution in [0.15, 0.2) is 72.9 Å². The first-order chi connectivity index (χ1) is 11.2. The minimum absolute atomic E-state index is 0.122. The fraction of sp³-hybridized carbons (Fsp3) is 0. The van der Waals surface area contributed by atoms with Crippen LogP contribution in [-0.2, 0) is 0 Å². The summed E-state index contributed by atoms with van der Waals surface area (Å²) in [6, 6.07) is 19.8. The molecule has 0 spiro atoms. The van der Waals surface area contributed by atoms with Crippen LogP contribution in [0.2, 0.25) is 0 Å². The second-order valence-electron chi connectivity index (χ2n) is 4.77. The molecule has 5 heteroatoms. The van der Waals surface area contributed by atoms with E-state index in [1.54, 1.807) is 36.5 Å². The van der Waals surface area contributed by atoms with Gasteiger partial charge in [0, 0.05) is 11.9 Å². The van der Waals surface area contributed by atoms with Crippen LogP contribution in [0.5, 0.6) is 11.5 Å². The topological polar surface area (TPSA) is 71.5 Å². The summed E-state index contributed by atoms with van der Waals surface area (Å²) in [6.07, 6.45) is 1.54. The van der Waals surface area contributed by atoms with Crippen LogP contribution in [0.1, 0.15) is 10.4 Å². The van der Waals surface area contributed by atoms with Gasteiger partial charge in [-0.05, 0) is 48.5 Å². The lowest BCUT2D eigenvalue weighted by Crippen LogP contribution is -2.04. The van der Waals surface area contributed by atoms with E-state index in [2.05, 4.69) is 10.3 Å². The normalized spacial score (nSPS) is 10.1. The van der Waals surface area contributed by atoms with E-state index in [1.807, 2.05) is 30.3 Å². The molecule has 0 saturated carbocycles. The van der Waals surface area contributed by atoms with Gasteiger partial charge in [0.25, 0.3) is 0 Å². The van der Waals surface area contributed by atoms with E-state index in [1.165, 1.54) is 6.07 Å². The molecule has 0 atom stereocenters. The molecule has 23 heavy (non-hydrogen) atoms. The Morgan fingerprint density at radius 1 is 0.913 bits per heavy atom. The van der Waals surface area contributed by atoms with Gasteiger partial charge in [-0.3, -0.25) is 0 Å². The molecule has 1 aromatic heterocycles. The van der Waals surface area contributed by atoms with Crippen LogP contribution in [0.3, 0.4) is 0 Å². The molecule has 114 valence electrons. The quantitative estimate of drug-likeness (QED) is 0.734. The molecule has 0 aliphatic heterocycles. The number of hydrogen-bond acceptors (Lipinski definition) is 4. The van der Waals surface area contributed by atoms with Gasteiger partial charge in [-0.15, -0.1) is 0 Å². The van der Waals surface area contributed by atoms with E-state index in [0.717, 1.165) is 11.4 Å². The Morgan fingerprint density at radius 2 is 1.61 bits per heavy atom. The van der Waals surface area contributed by atoms with Gasteiger partial charge in [-0.2, -0.15) is 0 Å². The van der Waals surface area contributed by atoms with E-state index in [4.69, 9.17) is 9.84 Å². The average Bonchev–Trinajstić information content (AvgIpc) is 2.58. The SMILES string of the molecule is O=C(O)c1cccnc1Nc1ccc(Oc2ccccc2)cc1. The molecule has 2 N–H and O–H groups in total. The number of hydrogen-bond donors (Lipinski definition) is 2. The number of carboxylic acid groups (broad SMARTS) is 1. The number of pyridine rings is 1. The molecule has 0 radical (unpaired) electrons. The molecule has 0 unspecified atom stereocenters. The first-order valence-corrected chi connectivity index (χ1v) is 7.01. The number of para-hydroxylation sites is 1. The molecule has 3 aromatic rings. The average molecular weight is 306 g/mol. The zero-order valence-electron chi connectivity index (χ0n) is 12.1. The number of nitrogens with one attached hydrogen (secondary N) is 1. The van der Waals surface area contributed by atoms with E-state index in [0.29, 0.717) is 11.6 Å². The van der Waals surface area contributed by atoms with E-state index in [9.17, 15) is 4.79 Å². The lowest BCUT2D eigenvalue weighted by Gasteiger charge is -2.09. The van der Waals surface area contributed by atoms with Crippen LogP contribution >= 0.6 is 0 Å². The molecule has 0 saturated heterocycles. The third-order valence-electron chi connectivity index (χ3n) is 3.13.